The molecule has 2 aromatic heterocycles. The van der Waals surface area contributed by atoms with Crippen LogP contribution < -0.4 is 4.74 Å². The first-order chi connectivity index (χ1) is 13.1. The maximum absolute atomic E-state index is 13.8. The van der Waals surface area contributed by atoms with Crippen LogP contribution in [-0.4, -0.2) is 15.5 Å². The molecule has 132 valence electrons. The Balaban J connectivity index is 1.67. The highest BCUT2D eigenvalue weighted by molar-refractivity contribution is 6.30. The third-order valence-corrected chi connectivity index (χ3v) is 4.87. The lowest BCUT2D eigenvalue weighted by atomic mass is 10.1. The lowest BCUT2D eigenvalue weighted by Crippen LogP contribution is -2.08. The normalized spacial score (nSPS) is 12.3. The Hall–Kier alpha value is -3.18. The van der Waals surface area contributed by atoms with Gasteiger partial charge in [-0.1, -0.05) is 23.7 Å². The van der Waals surface area contributed by atoms with Gasteiger partial charge < -0.3 is 4.74 Å². The summed E-state index contributed by atoms with van der Waals surface area (Å²) in [5, 5.41) is 1.24. The summed E-state index contributed by atoms with van der Waals surface area (Å²) in [5.74, 6) is -0.174. The number of carbonyl (C=O) groups excluding carboxylic acids is 1. The van der Waals surface area contributed by atoms with E-state index in [9.17, 15) is 9.18 Å². The predicted octanol–water partition coefficient (Wildman–Crippen LogP) is 5.08. The van der Waals surface area contributed by atoms with Gasteiger partial charge in [0.05, 0.1) is 11.2 Å². The van der Waals surface area contributed by atoms with Crippen LogP contribution in [0.3, 0.4) is 0 Å². The molecule has 0 saturated heterocycles. The van der Waals surface area contributed by atoms with Crippen LogP contribution in [0.1, 0.15) is 15.9 Å². The third-order valence-electron chi connectivity index (χ3n) is 4.62. The summed E-state index contributed by atoms with van der Waals surface area (Å²) < 4.78 is 21.3. The summed E-state index contributed by atoms with van der Waals surface area (Å²) in [6.07, 6.45) is 1.69. The minimum Gasteiger partial charge on any atom is -0.487 e. The molecule has 0 spiro atoms. The van der Waals surface area contributed by atoms with Crippen molar-refractivity contribution in [2.45, 2.75) is 6.61 Å². The van der Waals surface area contributed by atoms with Crippen molar-refractivity contribution in [3.8, 4) is 17.1 Å². The monoisotopic (exact) mass is 378 g/mol. The molecule has 0 aliphatic carbocycles. The number of nitrogens with zero attached hydrogens (tertiary/aromatic N) is 2. The number of benzene rings is 2. The average Bonchev–Trinajstić information content (AvgIpc) is 3.24. The van der Waals surface area contributed by atoms with E-state index in [1.54, 1.807) is 30.5 Å². The molecule has 5 rings (SSSR count). The number of fused-ring (bicyclic) bond motifs is 4. The van der Waals surface area contributed by atoms with Crippen molar-refractivity contribution < 1.29 is 13.9 Å². The molecular weight excluding hydrogens is 367 g/mol. The Morgan fingerprint density at radius 2 is 1.93 bits per heavy atom. The molecule has 0 radical (unpaired) electrons. The van der Waals surface area contributed by atoms with E-state index in [1.165, 1.54) is 16.7 Å². The number of carbonyl (C=O) groups is 1. The molecule has 0 bridgehead atoms. The number of halogens is 2. The first kappa shape index (κ1) is 16.0. The van der Waals surface area contributed by atoms with Gasteiger partial charge in [0.2, 0.25) is 0 Å². The van der Waals surface area contributed by atoms with Gasteiger partial charge in [0.25, 0.3) is 5.91 Å². The van der Waals surface area contributed by atoms with E-state index >= 15 is 0 Å². The third kappa shape index (κ3) is 2.51. The van der Waals surface area contributed by atoms with Crippen LogP contribution in [0.15, 0.2) is 60.8 Å². The zero-order chi connectivity index (χ0) is 18.5. The highest BCUT2D eigenvalue weighted by Crippen LogP contribution is 2.41. The van der Waals surface area contributed by atoms with Crippen LogP contribution in [0.2, 0.25) is 5.02 Å². The predicted molar refractivity (Wildman–Crippen MR) is 101 cm³/mol. The molecule has 1 aliphatic rings. The first-order valence-corrected chi connectivity index (χ1v) is 8.72. The second-order valence-electron chi connectivity index (χ2n) is 6.31. The highest BCUT2D eigenvalue weighted by atomic mass is 35.5. The Kier molecular flexibility index (Phi) is 3.52. The second kappa shape index (κ2) is 5.93. The number of hydrogen-bond donors (Lipinski definition) is 0. The maximum atomic E-state index is 13.8. The molecule has 0 atom stereocenters. The van der Waals surface area contributed by atoms with Gasteiger partial charge in [0.1, 0.15) is 29.4 Å². The molecule has 3 heterocycles. The molecule has 4 aromatic rings. The molecule has 0 fully saturated rings. The molecule has 0 amide bonds. The molecule has 2 aromatic carbocycles. The summed E-state index contributed by atoms with van der Waals surface area (Å²) in [5.41, 5.74) is 2.94. The molecule has 6 heteroatoms. The topological polar surface area (TPSA) is 44.1 Å². The molecule has 0 saturated carbocycles. The van der Waals surface area contributed by atoms with E-state index < -0.39 is 5.82 Å². The number of hydrogen-bond acceptors (Lipinski definition) is 3. The fourth-order valence-corrected chi connectivity index (χ4v) is 3.48. The van der Waals surface area contributed by atoms with E-state index in [0.717, 1.165) is 5.56 Å². The van der Waals surface area contributed by atoms with Crippen LogP contribution >= 0.6 is 11.6 Å². The van der Waals surface area contributed by atoms with Crippen LogP contribution in [0.25, 0.3) is 22.3 Å². The van der Waals surface area contributed by atoms with Crippen LogP contribution in [-0.2, 0) is 6.61 Å². The Morgan fingerprint density at radius 1 is 1.11 bits per heavy atom. The van der Waals surface area contributed by atoms with Crippen LogP contribution in [0.4, 0.5) is 4.39 Å². The molecule has 0 unspecified atom stereocenters. The van der Waals surface area contributed by atoms with Gasteiger partial charge in [-0.15, -0.1) is 0 Å². The van der Waals surface area contributed by atoms with Gasteiger partial charge in [-0.3, -0.25) is 9.36 Å². The van der Waals surface area contributed by atoms with E-state index in [2.05, 4.69) is 4.98 Å². The summed E-state index contributed by atoms with van der Waals surface area (Å²) in [6, 6.07) is 15.1. The van der Waals surface area contributed by atoms with Gasteiger partial charge in [-0.25, -0.2) is 9.37 Å². The SMILES string of the molecule is O=C1c2c(nc3cc(F)ccc3c2OCc2ccc(Cl)cc2)-c2cccn21. The zero-order valence-electron chi connectivity index (χ0n) is 13.9. The standard InChI is InChI=1S/C21H12ClFN2O2/c22-13-5-3-12(4-6-13)11-27-20-15-8-7-14(23)10-16(15)24-19-17-2-1-9-25(17)21(26)18(19)20/h1-10H,11H2. The van der Waals surface area contributed by atoms with Crippen molar-refractivity contribution in [2.24, 2.45) is 0 Å². The lowest BCUT2D eigenvalue weighted by Gasteiger charge is -2.13. The maximum Gasteiger partial charge on any atom is 0.268 e. The van der Waals surface area contributed by atoms with Crippen molar-refractivity contribution in [1.82, 2.24) is 9.55 Å². The fraction of sp³-hybridized carbons (Fsp3) is 0.0476. The van der Waals surface area contributed by atoms with E-state index in [4.69, 9.17) is 16.3 Å². The molecule has 27 heavy (non-hydrogen) atoms. The molecule has 4 nitrogen and oxygen atoms in total. The first-order valence-electron chi connectivity index (χ1n) is 8.35. The Labute approximate surface area is 158 Å². The van der Waals surface area contributed by atoms with E-state index in [-0.39, 0.29) is 12.5 Å². The lowest BCUT2D eigenvalue weighted by molar-refractivity contribution is 0.0965. The van der Waals surface area contributed by atoms with Crippen molar-refractivity contribution in [2.75, 3.05) is 0 Å². The van der Waals surface area contributed by atoms with Crippen molar-refractivity contribution in [3.05, 3.63) is 82.8 Å². The van der Waals surface area contributed by atoms with Crippen LogP contribution in [0.5, 0.6) is 5.75 Å². The quantitative estimate of drug-likeness (QED) is 0.440. The minimum atomic E-state index is -0.390. The number of rotatable bonds is 3. The molecular formula is C21H12ClFN2O2. The van der Waals surface area contributed by atoms with Gasteiger partial charge in [-0.05, 0) is 42.0 Å². The largest absolute Gasteiger partial charge is 0.487 e. The molecule has 1 aliphatic heterocycles. The Morgan fingerprint density at radius 3 is 2.74 bits per heavy atom. The summed E-state index contributed by atoms with van der Waals surface area (Å²) in [6.45, 7) is 0.252. The van der Waals surface area contributed by atoms with Gasteiger partial charge in [-0.2, -0.15) is 0 Å². The summed E-state index contributed by atoms with van der Waals surface area (Å²) in [4.78, 5) is 17.4. The Bertz CT molecular complexity index is 1220. The number of aromatic nitrogens is 2. The summed E-state index contributed by atoms with van der Waals surface area (Å²) >= 11 is 5.92. The van der Waals surface area contributed by atoms with E-state index in [1.807, 2.05) is 18.2 Å². The van der Waals surface area contributed by atoms with Gasteiger partial charge >= 0.3 is 0 Å². The summed E-state index contributed by atoms with van der Waals surface area (Å²) in [7, 11) is 0. The fourth-order valence-electron chi connectivity index (χ4n) is 3.35. The van der Waals surface area contributed by atoms with Crippen LogP contribution in [0, 0.1) is 5.82 Å². The van der Waals surface area contributed by atoms with E-state index in [0.29, 0.717) is 38.6 Å². The zero-order valence-corrected chi connectivity index (χ0v) is 14.7. The van der Waals surface area contributed by atoms with Crippen molar-refractivity contribution in [3.63, 3.8) is 0 Å². The number of ether oxygens (including phenoxy) is 1. The second-order valence-corrected chi connectivity index (χ2v) is 6.75. The highest BCUT2D eigenvalue weighted by Gasteiger charge is 2.32. The smallest absolute Gasteiger partial charge is 0.268 e. The van der Waals surface area contributed by atoms with Crippen molar-refractivity contribution in [1.29, 1.82) is 0 Å². The van der Waals surface area contributed by atoms with Crippen molar-refractivity contribution >= 4 is 28.4 Å². The molecule has 0 N–H and O–H groups in total. The minimum absolute atomic E-state index is 0.199. The average molecular weight is 379 g/mol. The van der Waals surface area contributed by atoms with Gasteiger partial charge in [0, 0.05) is 22.7 Å². The number of pyridine rings is 1. The van der Waals surface area contributed by atoms with Gasteiger partial charge in [0.15, 0.2) is 0 Å².